The van der Waals surface area contributed by atoms with Gasteiger partial charge >= 0.3 is 0 Å². The van der Waals surface area contributed by atoms with Gasteiger partial charge in [0.05, 0.1) is 25.9 Å². The van der Waals surface area contributed by atoms with Crippen LogP contribution < -0.4 is 4.74 Å². The molecule has 0 aliphatic carbocycles. The predicted molar refractivity (Wildman–Crippen MR) is 101 cm³/mol. The molecule has 0 amide bonds. The third-order valence-corrected chi connectivity index (χ3v) is 5.13. The van der Waals surface area contributed by atoms with Gasteiger partial charge in [-0.15, -0.1) is 0 Å². The molecule has 0 radical (unpaired) electrons. The summed E-state index contributed by atoms with van der Waals surface area (Å²) >= 11 is 0. The first-order valence-electron chi connectivity index (χ1n) is 9.43. The Morgan fingerprint density at radius 3 is 2.85 bits per heavy atom. The van der Waals surface area contributed by atoms with Crippen LogP contribution in [0.25, 0.3) is 11.4 Å². The molecule has 4 rings (SSSR count). The van der Waals surface area contributed by atoms with Gasteiger partial charge in [-0.2, -0.15) is 0 Å². The number of ether oxygens (including phenoxy) is 3. The van der Waals surface area contributed by atoms with E-state index in [9.17, 15) is 5.11 Å². The monoisotopic (exact) mass is 373 g/mol. The van der Waals surface area contributed by atoms with Crippen molar-refractivity contribution < 1.29 is 19.3 Å². The Morgan fingerprint density at radius 1 is 1.26 bits per heavy atom. The first kappa shape index (κ1) is 18.4. The van der Waals surface area contributed by atoms with Gasteiger partial charge in [-0.05, 0) is 39.2 Å². The van der Waals surface area contributed by atoms with Crippen molar-refractivity contribution in [3.8, 4) is 17.1 Å². The summed E-state index contributed by atoms with van der Waals surface area (Å²) in [4.78, 5) is 6.72. The summed E-state index contributed by atoms with van der Waals surface area (Å²) in [6.45, 7) is 4.25. The molecule has 1 aromatic heterocycles. The maximum Gasteiger partial charge on any atom is 0.140 e. The van der Waals surface area contributed by atoms with Crippen LogP contribution in [-0.4, -0.2) is 71.8 Å². The highest BCUT2D eigenvalue weighted by Crippen LogP contribution is 2.37. The highest BCUT2D eigenvalue weighted by molar-refractivity contribution is 5.59. The van der Waals surface area contributed by atoms with E-state index in [1.807, 2.05) is 39.3 Å². The van der Waals surface area contributed by atoms with Crippen molar-refractivity contribution in [2.75, 3.05) is 33.9 Å². The highest BCUT2D eigenvalue weighted by Gasteiger charge is 2.48. The van der Waals surface area contributed by atoms with E-state index in [-0.39, 0.29) is 18.2 Å². The molecule has 27 heavy (non-hydrogen) atoms. The topological polar surface area (TPSA) is 69.0 Å². The normalized spacial score (nSPS) is 27.3. The molecule has 146 valence electrons. The summed E-state index contributed by atoms with van der Waals surface area (Å²) in [6.07, 6.45) is 2.81. The molecule has 4 atom stereocenters. The zero-order valence-electron chi connectivity index (χ0n) is 16.0. The Bertz CT molecular complexity index is 791. The summed E-state index contributed by atoms with van der Waals surface area (Å²) in [5.74, 6) is 1.77. The lowest BCUT2D eigenvalue weighted by Gasteiger charge is -2.20. The van der Waals surface area contributed by atoms with Gasteiger partial charge in [0.2, 0.25) is 0 Å². The van der Waals surface area contributed by atoms with Crippen molar-refractivity contribution in [3.63, 3.8) is 0 Å². The van der Waals surface area contributed by atoms with Crippen LogP contribution in [0.3, 0.4) is 0 Å². The summed E-state index contributed by atoms with van der Waals surface area (Å²) in [5.41, 5.74) is 2.16. The largest absolute Gasteiger partial charge is 0.494 e. The quantitative estimate of drug-likeness (QED) is 0.831. The minimum absolute atomic E-state index is 0.00789. The van der Waals surface area contributed by atoms with E-state index in [0.29, 0.717) is 19.8 Å². The fraction of sp³-hybridized carbons (Fsp3) is 0.550. The first-order chi connectivity index (χ1) is 13.1. The van der Waals surface area contributed by atoms with Crippen molar-refractivity contribution in [1.82, 2.24) is 14.5 Å². The third-order valence-electron chi connectivity index (χ3n) is 5.13. The number of aromatic nitrogens is 2. The molecule has 1 aromatic carbocycles. The van der Waals surface area contributed by atoms with Crippen molar-refractivity contribution in [3.05, 3.63) is 36.2 Å². The standard InChI is InChI=1S/C20H27N3O4/c1-4-25-17-6-5-13(9-14(17)10-22(2)3)20-21-7-8-23(20)15-11-26-19-16(24)12-27-18(15)19/h5-9,15-16,18-19,24H,4,10-12H2,1-3H3/t15-,16-,18-,19-/m1/s1. The second-order valence-corrected chi connectivity index (χ2v) is 7.38. The fourth-order valence-corrected chi connectivity index (χ4v) is 3.98. The number of rotatable bonds is 6. The van der Waals surface area contributed by atoms with Crippen molar-refractivity contribution in [1.29, 1.82) is 0 Å². The van der Waals surface area contributed by atoms with Crippen LogP contribution in [0.5, 0.6) is 5.75 Å². The molecule has 7 heteroatoms. The number of aliphatic hydroxyl groups is 1. The maximum absolute atomic E-state index is 10.0. The minimum atomic E-state index is -0.552. The van der Waals surface area contributed by atoms with Gasteiger partial charge in [0.25, 0.3) is 0 Å². The fourth-order valence-electron chi connectivity index (χ4n) is 3.98. The van der Waals surface area contributed by atoms with Crippen LogP contribution in [-0.2, 0) is 16.0 Å². The van der Waals surface area contributed by atoms with Gasteiger partial charge in [0.1, 0.15) is 29.9 Å². The van der Waals surface area contributed by atoms with Gasteiger partial charge in [0, 0.05) is 30.1 Å². The molecule has 2 aliphatic rings. The Balaban J connectivity index is 1.66. The number of hydrogen-bond donors (Lipinski definition) is 1. The van der Waals surface area contributed by atoms with E-state index in [1.165, 1.54) is 0 Å². The summed E-state index contributed by atoms with van der Waals surface area (Å²) < 4.78 is 19.5. The maximum atomic E-state index is 10.0. The highest BCUT2D eigenvalue weighted by atomic mass is 16.6. The molecule has 2 aromatic rings. The Morgan fingerprint density at radius 2 is 2.07 bits per heavy atom. The molecular weight excluding hydrogens is 346 g/mol. The van der Waals surface area contributed by atoms with E-state index in [1.54, 1.807) is 6.20 Å². The zero-order valence-corrected chi connectivity index (χ0v) is 16.0. The smallest absolute Gasteiger partial charge is 0.140 e. The van der Waals surface area contributed by atoms with Crippen LogP contribution in [0.1, 0.15) is 18.5 Å². The summed E-state index contributed by atoms with van der Waals surface area (Å²) in [7, 11) is 4.09. The second-order valence-electron chi connectivity index (χ2n) is 7.38. The van der Waals surface area contributed by atoms with Crippen LogP contribution in [0.15, 0.2) is 30.6 Å². The van der Waals surface area contributed by atoms with Crippen molar-refractivity contribution in [2.45, 2.75) is 37.8 Å². The summed E-state index contributed by atoms with van der Waals surface area (Å²) in [6, 6.07) is 6.20. The van der Waals surface area contributed by atoms with Gasteiger partial charge < -0.3 is 28.8 Å². The van der Waals surface area contributed by atoms with E-state index < -0.39 is 6.10 Å². The third kappa shape index (κ3) is 3.48. The molecule has 0 bridgehead atoms. The molecule has 7 nitrogen and oxygen atoms in total. The molecule has 0 unspecified atom stereocenters. The van der Waals surface area contributed by atoms with Gasteiger partial charge in [-0.25, -0.2) is 4.98 Å². The lowest BCUT2D eigenvalue weighted by atomic mass is 10.1. The van der Waals surface area contributed by atoms with Gasteiger partial charge in [0.15, 0.2) is 0 Å². The van der Waals surface area contributed by atoms with Crippen LogP contribution in [0.4, 0.5) is 0 Å². The molecule has 2 aliphatic heterocycles. The van der Waals surface area contributed by atoms with E-state index in [2.05, 4.69) is 20.5 Å². The number of fused-ring (bicyclic) bond motifs is 1. The number of imidazole rings is 1. The SMILES string of the molecule is CCOc1ccc(-c2nccn2[C@@H]2CO[C@H]3[C@@H]2OC[C@H]3O)cc1CN(C)C. The van der Waals surface area contributed by atoms with Crippen molar-refractivity contribution in [2.24, 2.45) is 0 Å². The molecule has 0 saturated carbocycles. The lowest BCUT2D eigenvalue weighted by molar-refractivity contribution is 0.0172. The number of nitrogens with zero attached hydrogens (tertiary/aromatic N) is 3. The Labute approximate surface area is 159 Å². The lowest BCUT2D eigenvalue weighted by Crippen LogP contribution is -2.30. The average molecular weight is 373 g/mol. The molecule has 2 fully saturated rings. The van der Waals surface area contributed by atoms with Crippen LogP contribution in [0, 0.1) is 0 Å². The number of benzene rings is 1. The molecule has 0 spiro atoms. The molecular formula is C20H27N3O4. The van der Waals surface area contributed by atoms with E-state index in [0.717, 1.165) is 29.2 Å². The van der Waals surface area contributed by atoms with Crippen molar-refractivity contribution >= 4 is 0 Å². The molecule has 1 N–H and O–H groups in total. The molecule has 3 heterocycles. The van der Waals surface area contributed by atoms with Crippen LogP contribution in [0.2, 0.25) is 0 Å². The zero-order chi connectivity index (χ0) is 19.0. The van der Waals surface area contributed by atoms with Gasteiger partial charge in [-0.3, -0.25) is 0 Å². The molecule has 2 saturated heterocycles. The Hall–Kier alpha value is -1.93. The predicted octanol–water partition coefficient (Wildman–Crippen LogP) is 1.71. The van der Waals surface area contributed by atoms with E-state index in [4.69, 9.17) is 14.2 Å². The average Bonchev–Trinajstić information content (AvgIpc) is 3.34. The Kier molecular flexibility index (Phi) is 5.19. The van der Waals surface area contributed by atoms with Gasteiger partial charge in [-0.1, -0.05) is 0 Å². The number of aliphatic hydroxyl groups excluding tert-OH is 1. The minimum Gasteiger partial charge on any atom is -0.494 e. The summed E-state index contributed by atoms with van der Waals surface area (Å²) in [5, 5.41) is 10.0. The number of hydrogen-bond acceptors (Lipinski definition) is 6. The van der Waals surface area contributed by atoms with Crippen LogP contribution >= 0.6 is 0 Å². The second kappa shape index (κ2) is 7.59. The first-order valence-corrected chi connectivity index (χ1v) is 9.43. The van der Waals surface area contributed by atoms with E-state index >= 15 is 0 Å².